The van der Waals surface area contributed by atoms with E-state index in [4.69, 9.17) is 0 Å². The number of ketones is 1. The molecule has 0 spiro atoms. The summed E-state index contributed by atoms with van der Waals surface area (Å²) in [6, 6.07) is 8.71. The first-order valence-corrected chi connectivity index (χ1v) is 7.84. The normalized spacial score (nSPS) is 18.3. The smallest absolute Gasteiger partial charge is 0.156 e. The maximum atomic E-state index is 11.7. The summed E-state index contributed by atoms with van der Waals surface area (Å²) >= 11 is 0. The van der Waals surface area contributed by atoms with E-state index in [1.54, 1.807) is 6.08 Å². The highest BCUT2D eigenvalue weighted by molar-refractivity contribution is 5.92. The van der Waals surface area contributed by atoms with Crippen molar-refractivity contribution in [1.82, 2.24) is 0 Å². The first-order valence-electron chi connectivity index (χ1n) is 7.84. The van der Waals surface area contributed by atoms with E-state index >= 15 is 0 Å². The highest BCUT2D eigenvalue weighted by atomic mass is 16.1. The Labute approximate surface area is 128 Å². The molecule has 0 aliphatic heterocycles. The standard InChI is InChI=1S/C20H26O/c1-15(2)11-17-8-5-16(6-9-17)7-10-18-12-19(21)14-20(3,4)13-18/h5-10,12,15H,11,13-14H2,1-4H3/b10-7+. The monoisotopic (exact) mass is 282 g/mol. The van der Waals surface area contributed by atoms with Crippen molar-refractivity contribution < 1.29 is 4.79 Å². The molecule has 0 N–H and O–H groups in total. The Kier molecular flexibility index (Phi) is 4.82. The van der Waals surface area contributed by atoms with Crippen LogP contribution in [-0.4, -0.2) is 5.78 Å². The van der Waals surface area contributed by atoms with Crippen molar-refractivity contribution in [1.29, 1.82) is 0 Å². The molecule has 0 fully saturated rings. The largest absolute Gasteiger partial charge is 0.295 e. The predicted octanol–water partition coefficient (Wildman–Crippen LogP) is 5.21. The van der Waals surface area contributed by atoms with Crippen LogP contribution in [0.2, 0.25) is 0 Å². The Balaban J connectivity index is 2.06. The summed E-state index contributed by atoms with van der Waals surface area (Å²) in [6.45, 7) is 8.79. The van der Waals surface area contributed by atoms with Gasteiger partial charge in [-0.1, -0.05) is 64.1 Å². The number of hydrogen-bond acceptors (Lipinski definition) is 1. The zero-order valence-electron chi connectivity index (χ0n) is 13.6. The summed E-state index contributed by atoms with van der Waals surface area (Å²) in [5, 5.41) is 0. The zero-order chi connectivity index (χ0) is 15.5. The molecule has 1 nitrogen and oxygen atoms in total. The molecule has 0 saturated carbocycles. The number of rotatable bonds is 4. The third kappa shape index (κ3) is 5.00. The second kappa shape index (κ2) is 6.43. The van der Waals surface area contributed by atoms with Crippen LogP contribution < -0.4 is 0 Å². The number of carbonyl (C=O) groups excluding carboxylic acids is 1. The van der Waals surface area contributed by atoms with Gasteiger partial charge >= 0.3 is 0 Å². The molecule has 112 valence electrons. The fraction of sp³-hybridized carbons (Fsp3) is 0.450. The van der Waals surface area contributed by atoms with Crippen LogP contribution in [0.25, 0.3) is 6.08 Å². The summed E-state index contributed by atoms with van der Waals surface area (Å²) < 4.78 is 0. The van der Waals surface area contributed by atoms with Gasteiger partial charge in [-0.15, -0.1) is 0 Å². The molecule has 0 bridgehead atoms. The summed E-state index contributed by atoms with van der Waals surface area (Å²) in [5.74, 6) is 0.935. The average molecular weight is 282 g/mol. The third-order valence-electron chi connectivity index (χ3n) is 3.80. The quantitative estimate of drug-likeness (QED) is 0.740. The molecule has 1 heteroatoms. The maximum Gasteiger partial charge on any atom is 0.156 e. The Hall–Kier alpha value is -1.63. The molecule has 0 saturated heterocycles. The van der Waals surface area contributed by atoms with Crippen LogP contribution in [0.5, 0.6) is 0 Å². The van der Waals surface area contributed by atoms with Gasteiger partial charge in [0, 0.05) is 6.42 Å². The molecule has 1 aromatic rings. The predicted molar refractivity (Wildman–Crippen MR) is 90.1 cm³/mol. The van der Waals surface area contributed by atoms with Crippen molar-refractivity contribution in [2.75, 3.05) is 0 Å². The van der Waals surface area contributed by atoms with Gasteiger partial charge in [0.25, 0.3) is 0 Å². The Morgan fingerprint density at radius 2 is 1.76 bits per heavy atom. The van der Waals surface area contributed by atoms with E-state index in [2.05, 4.69) is 64.1 Å². The lowest BCUT2D eigenvalue weighted by molar-refractivity contribution is -0.116. The van der Waals surface area contributed by atoms with Gasteiger partial charge < -0.3 is 0 Å². The van der Waals surface area contributed by atoms with Crippen LogP contribution in [0.15, 0.2) is 42.0 Å². The van der Waals surface area contributed by atoms with Crippen LogP contribution in [0.1, 0.15) is 51.7 Å². The Bertz CT molecular complexity index is 556. The Morgan fingerprint density at radius 1 is 1.10 bits per heavy atom. The van der Waals surface area contributed by atoms with E-state index in [0.29, 0.717) is 12.3 Å². The van der Waals surface area contributed by atoms with Crippen LogP contribution in [-0.2, 0) is 11.2 Å². The van der Waals surface area contributed by atoms with E-state index in [0.717, 1.165) is 18.4 Å². The SMILES string of the molecule is CC(C)Cc1ccc(/C=C/C2=CC(=O)CC(C)(C)C2)cc1. The van der Waals surface area contributed by atoms with Crippen LogP contribution in [0, 0.1) is 11.3 Å². The van der Waals surface area contributed by atoms with E-state index in [9.17, 15) is 4.79 Å². The van der Waals surface area contributed by atoms with E-state index in [1.807, 2.05) is 0 Å². The second-order valence-corrected chi connectivity index (χ2v) is 7.38. The second-order valence-electron chi connectivity index (χ2n) is 7.38. The minimum Gasteiger partial charge on any atom is -0.295 e. The fourth-order valence-electron chi connectivity index (χ4n) is 2.94. The lowest BCUT2D eigenvalue weighted by Gasteiger charge is -2.27. The van der Waals surface area contributed by atoms with E-state index in [-0.39, 0.29) is 11.2 Å². The number of benzene rings is 1. The number of allylic oxidation sites excluding steroid dienone is 3. The molecule has 0 atom stereocenters. The summed E-state index contributed by atoms with van der Waals surface area (Å²) in [7, 11) is 0. The topological polar surface area (TPSA) is 17.1 Å². The number of hydrogen-bond donors (Lipinski definition) is 0. The number of carbonyl (C=O) groups is 1. The third-order valence-corrected chi connectivity index (χ3v) is 3.80. The molecule has 1 aliphatic rings. The van der Waals surface area contributed by atoms with Gasteiger partial charge in [0.05, 0.1) is 0 Å². The molecule has 1 aliphatic carbocycles. The fourth-order valence-corrected chi connectivity index (χ4v) is 2.94. The van der Waals surface area contributed by atoms with Crippen molar-refractivity contribution in [3.63, 3.8) is 0 Å². The summed E-state index contributed by atoms with van der Waals surface area (Å²) in [5.41, 5.74) is 3.81. The zero-order valence-corrected chi connectivity index (χ0v) is 13.6. The van der Waals surface area contributed by atoms with E-state index in [1.165, 1.54) is 11.1 Å². The van der Waals surface area contributed by atoms with Gasteiger partial charge in [-0.2, -0.15) is 0 Å². The molecular formula is C20H26O. The summed E-state index contributed by atoms with van der Waals surface area (Å²) in [6.07, 6.45) is 8.76. The summed E-state index contributed by atoms with van der Waals surface area (Å²) in [4.78, 5) is 11.7. The van der Waals surface area contributed by atoms with Gasteiger partial charge in [-0.25, -0.2) is 0 Å². The average Bonchev–Trinajstić information content (AvgIpc) is 2.35. The molecule has 0 aromatic heterocycles. The van der Waals surface area contributed by atoms with Crippen molar-refractivity contribution in [2.45, 2.75) is 47.0 Å². The highest BCUT2D eigenvalue weighted by Gasteiger charge is 2.26. The molecule has 1 aromatic carbocycles. The first kappa shape index (κ1) is 15.8. The van der Waals surface area contributed by atoms with Gasteiger partial charge in [-0.05, 0) is 47.0 Å². The maximum absolute atomic E-state index is 11.7. The van der Waals surface area contributed by atoms with Gasteiger partial charge in [0.15, 0.2) is 5.78 Å². The molecule has 0 heterocycles. The molecular weight excluding hydrogens is 256 g/mol. The molecule has 21 heavy (non-hydrogen) atoms. The molecule has 2 rings (SSSR count). The van der Waals surface area contributed by atoms with Crippen molar-refractivity contribution in [3.05, 3.63) is 53.1 Å². The molecule has 0 radical (unpaired) electrons. The van der Waals surface area contributed by atoms with Crippen molar-refractivity contribution in [3.8, 4) is 0 Å². The van der Waals surface area contributed by atoms with E-state index < -0.39 is 0 Å². The lowest BCUT2D eigenvalue weighted by Crippen LogP contribution is -2.21. The van der Waals surface area contributed by atoms with Crippen LogP contribution in [0.4, 0.5) is 0 Å². The molecule has 0 unspecified atom stereocenters. The van der Waals surface area contributed by atoms with Gasteiger partial charge in [0.1, 0.15) is 0 Å². The van der Waals surface area contributed by atoms with Gasteiger partial charge in [-0.3, -0.25) is 4.79 Å². The van der Waals surface area contributed by atoms with Crippen molar-refractivity contribution in [2.24, 2.45) is 11.3 Å². The Morgan fingerprint density at radius 3 is 2.33 bits per heavy atom. The highest BCUT2D eigenvalue weighted by Crippen LogP contribution is 2.34. The van der Waals surface area contributed by atoms with Crippen molar-refractivity contribution >= 4 is 11.9 Å². The minimum atomic E-state index is 0.0899. The first-order chi connectivity index (χ1) is 9.84. The van der Waals surface area contributed by atoms with Gasteiger partial charge in [0.2, 0.25) is 0 Å². The molecule has 0 amide bonds. The minimum absolute atomic E-state index is 0.0899. The lowest BCUT2D eigenvalue weighted by atomic mass is 9.77. The van der Waals surface area contributed by atoms with Crippen LogP contribution in [0.3, 0.4) is 0 Å². The van der Waals surface area contributed by atoms with Crippen LogP contribution >= 0.6 is 0 Å².